The van der Waals surface area contributed by atoms with Crippen LogP contribution in [-0.4, -0.2) is 39.1 Å². The van der Waals surface area contributed by atoms with Gasteiger partial charge in [-0.05, 0) is 49.2 Å². The summed E-state index contributed by atoms with van der Waals surface area (Å²) in [6.07, 6.45) is 0.595. The molecule has 2 aromatic rings. The van der Waals surface area contributed by atoms with Crippen molar-refractivity contribution in [3.8, 4) is 11.5 Å². The van der Waals surface area contributed by atoms with Crippen LogP contribution in [0.2, 0.25) is 0 Å². The lowest BCUT2D eigenvalue weighted by atomic mass is 10.1. The monoisotopic (exact) mass is 356 g/mol. The normalized spacial score (nSPS) is 10.1. The Morgan fingerprint density at radius 3 is 2.35 bits per heavy atom. The summed E-state index contributed by atoms with van der Waals surface area (Å²) in [7, 11) is 3.20. The first-order valence-corrected chi connectivity index (χ1v) is 8.36. The fourth-order valence-electron chi connectivity index (χ4n) is 2.44. The third-order valence-electron chi connectivity index (χ3n) is 3.93. The summed E-state index contributed by atoms with van der Waals surface area (Å²) in [4.78, 5) is 23.9. The van der Waals surface area contributed by atoms with Crippen molar-refractivity contribution in [3.05, 3.63) is 59.2 Å². The number of hydrogen-bond acceptors (Lipinski definition) is 4. The second-order valence-corrected chi connectivity index (χ2v) is 5.83. The minimum absolute atomic E-state index is 0.0675. The molecule has 0 saturated heterocycles. The number of carbonyl (C=O) groups is 2. The summed E-state index contributed by atoms with van der Waals surface area (Å²) < 4.78 is 10.5. The fourth-order valence-corrected chi connectivity index (χ4v) is 2.44. The van der Waals surface area contributed by atoms with Gasteiger partial charge in [-0.15, -0.1) is 0 Å². The Morgan fingerprint density at radius 1 is 0.962 bits per heavy atom. The molecule has 2 aromatic carbocycles. The van der Waals surface area contributed by atoms with Crippen LogP contribution >= 0.6 is 0 Å². The largest absolute Gasteiger partial charge is 0.497 e. The molecule has 0 unspecified atom stereocenters. The number of ether oxygens (including phenoxy) is 2. The molecule has 2 rings (SSSR count). The van der Waals surface area contributed by atoms with E-state index in [4.69, 9.17) is 9.47 Å². The lowest BCUT2D eigenvalue weighted by Crippen LogP contribution is -2.37. The predicted octanol–water partition coefficient (Wildman–Crippen LogP) is 2.10. The predicted molar refractivity (Wildman–Crippen MR) is 99.8 cm³/mol. The van der Waals surface area contributed by atoms with E-state index in [1.165, 1.54) is 0 Å². The number of nitrogens with one attached hydrogen (secondary N) is 2. The van der Waals surface area contributed by atoms with E-state index in [2.05, 4.69) is 10.6 Å². The molecule has 138 valence electrons. The van der Waals surface area contributed by atoms with E-state index < -0.39 is 0 Å². The highest BCUT2D eigenvalue weighted by atomic mass is 16.5. The summed E-state index contributed by atoms with van der Waals surface area (Å²) in [5.41, 5.74) is 2.55. The molecule has 26 heavy (non-hydrogen) atoms. The average molecular weight is 356 g/mol. The molecule has 0 aliphatic carbocycles. The van der Waals surface area contributed by atoms with Crippen molar-refractivity contribution in [2.75, 3.05) is 27.3 Å². The molecule has 2 amide bonds. The van der Waals surface area contributed by atoms with E-state index in [1.54, 1.807) is 26.4 Å². The zero-order chi connectivity index (χ0) is 18.9. The quantitative estimate of drug-likeness (QED) is 0.759. The molecule has 0 aliphatic rings. The van der Waals surface area contributed by atoms with Gasteiger partial charge in [0.05, 0.1) is 20.8 Å². The van der Waals surface area contributed by atoms with Gasteiger partial charge in [-0.3, -0.25) is 9.59 Å². The molecule has 6 heteroatoms. The molecule has 0 aliphatic heterocycles. The summed E-state index contributed by atoms with van der Waals surface area (Å²) >= 11 is 0. The van der Waals surface area contributed by atoms with Gasteiger partial charge in [0, 0.05) is 12.1 Å². The van der Waals surface area contributed by atoms with E-state index in [0.717, 1.165) is 22.6 Å². The van der Waals surface area contributed by atoms with Gasteiger partial charge in [-0.1, -0.05) is 17.7 Å². The zero-order valence-corrected chi connectivity index (χ0v) is 15.3. The van der Waals surface area contributed by atoms with Gasteiger partial charge in [0.15, 0.2) is 0 Å². The molecular formula is C20H24N2O4. The lowest BCUT2D eigenvalue weighted by Gasteiger charge is -2.11. The summed E-state index contributed by atoms with van der Waals surface area (Å²) in [5.74, 6) is 0.965. The maximum atomic E-state index is 12.0. The maximum Gasteiger partial charge on any atom is 0.251 e. The molecular weight excluding hydrogens is 332 g/mol. The number of carbonyl (C=O) groups excluding carboxylic acids is 2. The maximum absolute atomic E-state index is 12.0. The van der Waals surface area contributed by atoms with Crippen molar-refractivity contribution in [2.24, 2.45) is 0 Å². The van der Waals surface area contributed by atoms with Gasteiger partial charge in [0.1, 0.15) is 11.5 Å². The van der Waals surface area contributed by atoms with Crippen LogP contribution in [0.3, 0.4) is 0 Å². The summed E-state index contributed by atoms with van der Waals surface area (Å²) in [6, 6.07) is 12.7. The van der Waals surface area contributed by atoms with Crippen LogP contribution in [-0.2, 0) is 11.2 Å². The highest BCUT2D eigenvalue weighted by Crippen LogP contribution is 2.24. The van der Waals surface area contributed by atoms with Crippen molar-refractivity contribution in [1.29, 1.82) is 0 Å². The van der Waals surface area contributed by atoms with Crippen LogP contribution in [0.1, 0.15) is 21.5 Å². The standard InChI is InChI=1S/C20H24N2O4/c1-14-4-6-15(7-5-14)20(24)22-13-19(23)21-11-10-16-12-17(25-2)8-9-18(16)26-3/h4-9,12H,10-11,13H2,1-3H3,(H,21,23)(H,22,24). The van der Waals surface area contributed by atoms with Crippen molar-refractivity contribution >= 4 is 11.8 Å². The van der Waals surface area contributed by atoms with Crippen LogP contribution in [0, 0.1) is 6.92 Å². The van der Waals surface area contributed by atoms with E-state index in [-0.39, 0.29) is 18.4 Å². The van der Waals surface area contributed by atoms with E-state index in [9.17, 15) is 9.59 Å². The van der Waals surface area contributed by atoms with Crippen LogP contribution in [0.5, 0.6) is 11.5 Å². The minimum atomic E-state index is -0.269. The van der Waals surface area contributed by atoms with Gasteiger partial charge < -0.3 is 20.1 Å². The van der Waals surface area contributed by atoms with Crippen molar-refractivity contribution in [3.63, 3.8) is 0 Å². The van der Waals surface area contributed by atoms with Crippen LogP contribution < -0.4 is 20.1 Å². The highest BCUT2D eigenvalue weighted by molar-refractivity contribution is 5.96. The number of methoxy groups -OCH3 is 2. The Labute approximate surface area is 153 Å². The Morgan fingerprint density at radius 2 is 1.69 bits per heavy atom. The number of aryl methyl sites for hydroxylation is 1. The van der Waals surface area contributed by atoms with E-state index >= 15 is 0 Å². The van der Waals surface area contributed by atoms with Crippen molar-refractivity contribution in [2.45, 2.75) is 13.3 Å². The topological polar surface area (TPSA) is 76.7 Å². The van der Waals surface area contributed by atoms with Crippen molar-refractivity contribution < 1.29 is 19.1 Å². The fraction of sp³-hybridized carbons (Fsp3) is 0.300. The number of hydrogen-bond donors (Lipinski definition) is 2. The van der Waals surface area contributed by atoms with Crippen molar-refractivity contribution in [1.82, 2.24) is 10.6 Å². The molecule has 0 spiro atoms. The van der Waals surface area contributed by atoms with Gasteiger partial charge in [0.2, 0.25) is 5.91 Å². The average Bonchev–Trinajstić information content (AvgIpc) is 2.66. The number of benzene rings is 2. The van der Waals surface area contributed by atoms with Crippen LogP contribution in [0.15, 0.2) is 42.5 Å². The van der Waals surface area contributed by atoms with Gasteiger partial charge in [-0.2, -0.15) is 0 Å². The molecule has 0 fully saturated rings. The summed E-state index contributed by atoms with van der Waals surface area (Å²) in [5, 5.41) is 5.40. The Balaban J connectivity index is 1.78. The smallest absolute Gasteiger partial charge is 0.251 e. The Hall–Kier alpha value is -3.02. The zero-order valence-electron chi connectivity index (χ0n) is 15.3. The molecule has 0 saturated carbocycles. The highest BCUT2D eigenvalue weighted by Gasteiger charge is 2.09. The lowest BCUT2D eigenvalue weighted by molar-refractivity contribution is -0.120. The van der Waals surface area contributed by atoms with Crippen LogP contribution in [0.25, 0.3) is 0 Å². The third kappa shape index (κ3) is 5.51. The van der Waals surface area contributed by atoms with Gasteiger partial charge in [0.25, 0.3) is 5.91 Å². The van der Waals surface area contributed by atoms with Gasteiger partial charge in [-0.25, -0.2) is 0 Å². The first-order valence-electron chi connectivity index (χ1n) is 8.36. The minimum Gasteiger partial charge on any atom is -0.497 e. The van der Waals surface area contributed by atoms with Gasteiger partial charge >= 0.3 is 0 Å². The third-order valence-corrected chi connectivity index (χ3v) is 3.93. The molecule has 2 N–H and O–H groups in total. The molecule has 0 radical (unpaired) electrons. The summed E-state index contributed by atoms with van der Waals surface area (Å²) in [6.45, 7) is 2.32. The van der Waals surface area contributed by atoms with Crippen LogP contribution in [0.4, 0.5) is 0 Å². The number of rotatable bonds is 8. The first kappa shape index (κ1) is 19.3. The molecule has 0 bridgehead atoms. The molecule has 0 atom stereocenters. The Bertz CT molecular complexity index is 757. The first-order chi connectivity index (χ1) is 12.5. The van der Waals surface area contributed by atoms with E-state index in [1.807, 2.05) is 37.3 Å². The second-order valence-electron chi connectivity index (χ2n) is 5.83. The SMILES string of the molecule is COc1ccc(OC)c(CCNC(=O)CNC(=O)c2ccc(C)cc2)c1. The second kappa shape index (κ2) is 9.46. The molecule has 0 heterocycles. The number of amides is 2. The molecule has 0 aromatic heterocycles. The Kier molecular flexibility index (Phi) is 7.02. The van der Waals surface area contributed by atoms with E-state index in [0.29, 0.717) is 18.5 Å². The molecule has 6 nitrogen and oxygen atoms in total.